The van der Waals surface area contributed by atoms with Gasteiger partial charge in [0.15, 0.2) is 0 Å². The summed E-state index contributed by atoms with van der Waals surface area (Å²) >= 11 is 0. The van der Waals surface area contributed by atoms with Gasteiger partial charge in [0.25, 0.3) is 0 Å². The van der Waals surface area contributed by atoms with Crippen LogP contribution in [0.3, 0.4) is 0 Å². The van der Waals surface area contributed by atoms with Crippen molar-refractivity contribution in [2.75, 3.05) is 11.9 Å². The Kier molecular flexibility index (Phi) is 3.70. The minimum atomic E-state index is 0.929. The van der Waals surface area contributed by atoms with Gasteiger partial charge in [0.1, 0.15) is 5.82 Å². The quantitative estimate of drug-likeness (QED) is 0.871. The first-order valence-corrected chi connectivity index (χ1v) is 5.93. The number of anilines is 1. The fourth-order valence-corrected chi connectivity index (χ4v) is 1.65. The van der Waals surface area contributed by atoms with E-state index in [1.807, 2.05) is 43.5 Å². The lowest BCUT2D eigenvalue weighted by molar-refractivity contribution is 0.970. The van der Waals surface area contributed by atoms with Crippen LogP contribution in [0, 0.1) is 6.92 Å². The third-order valence-electron chi connectivity index (χ3n) is 2.50. The molecule has 1 N–H and O–H groups in total. The van der Waals surface area contributed by atoms with E-state index >= 15 is 0 Å². The Morgan fingerprint density at radius 2 is 2.12 bits per heavy atom. The number of rotatable bonds is 4. The largest absolute Gasteiger partial charge is 0.370 e. The van der Waals surface area contributed by atoms with Crippen molar-refractivity contribution in [2.45, 2.75) is 20.3 Å². The van der Waals surface area contributed by atoms with E-state index < -0.39 is 0 Å². The average molecular weight is 227 g/mol. The van der Waals surface area contributed by atoms with Gasteiger partial charge in [0, 0.05) is 24.0 Å². The fraction of sp³-hybridized carbons (Fsp3) is 0.286. The SMILES string of the molecule is CCCNc1cccc(-c2ccnc(C)c2)n1. The first kappa shape index (κ1) is 11.6. The zero-order chi connectivity index (χ0) is 12.1. The number of nitrogens with zero attached hydrogens (tertiary/aromatic N) is 2. The maximum atomic E-state index is 4.58. The molecule has 88 valence electrons. The van der Waals surface area contributed by atoms with E-state index in [0.29, 0.717) is 0 Å². The second-order valence-corrected chi connectivity index (χ2v) is 4.02. The molecule has 0 atom stereocenters. The van der Waals surface area contributed by atoms with Crippen molar-refractivity contribution in [3.63, 3.8) is 0 Å². The zero-order valence-electron chi connectivity index (χ0n) is 10.3. The van der Waals surface area contributed by atoms with Crippen molar-refractivity contribution >= 4 is 5.82 Å². The molecule has 2 heterocycles. The Morgan fingerprint density at radius 1 is 1.24 bits per heavy atom. The van der Waals surface area contributed by atoms with E-state index in [4.69, 9.17) is 0 Å². The molecule has 2 aromatic heterocycles. The molecule has 0 saturated carbocycles. The Bertz CT molecular complexity index is 494. The van der Waals surface area contributed by atoms with Crippen LogP contribution in [0.25, 0.3) is 11.3 Å². The highest BCUT2D eigenvalue weighted by Crippen LogP contribution is 2.18. The van der Waals surface area contributed by atoms with Crippen LogP contribution >= 0.6 is 0 Å². The molecule has 0 saturated heterocycles. The third-order valence-corrected chi connectivity index (χ3v) is 2.50. The highest BCUT2D eigenvalue weighted by Gasteiger charge is 2.01. The van der Waals surface area contributed by atoms with Crippen LogP contribution in [-0.2, 0) is 0 Å². The predicted molar refractivity (Wildman–Crippen MR) is 71.0 cm³/mol. The molecule has 0 unspecified atom stereocenters. The van der Waals surface area contributed by atoms with Gasteiger partial charge >= 0.3 is 0 Å². The minimum absolute atomic E-state index is 0.929. The minimum Gasteiger partial charge on any atom is -0.370 e. The maximum Gasteiger partial charge on any atom is 0.126 e. The van der Waals surface area contributed by atoms with Gasteiger partial charge in [-0.05, 0) is 37.6 Å². The van der Waals surface area contributed by atoms with E-state index in [9.17, 15) is 0 Å². The fourth-order valence-electron chi connectivity index (χ4n) is 1.65. The molecule has 0 aliphatic carbocycles. The van der Waals surface area contributed by atoms with E-state index in [1.54, 1.807) is 0 Å². The summed E-state index contributed by atoms with van der Waals surface area (Å²) in [4.78, 5) is 8.78. The monoisotopic (exact) mass is 227 g/mol. The standard InChI is InChI=1S/C14H17N3/c1-3-8-16-14-6-4-5-13(17-14)12-7-9-15-11(2)10-12/h4-7,9-10H,3,8H2,1-2H3,(H,16,17). The van der Waals surface area contributed by atoms with E-state index in [1.165, 1.54) is 0 Å². The van der Waals surface area contributed by atoms with Gasteiger partial charge in [0.05, 0.1) is 5.69 Å². The number of hydrogen-bond acceptors (Lipinski definition) is 3. The molecule has 0 amide bonds. The highest BCUT2D eigenvalue weighted by molar-refractivity contribution is 5.61. The van der Waals surface area contributed by atoms with Crippen molar-refractivity contribution < 1.29 is 0 Å². The number of hydrogen-bond donors (Lipinski definition) is 1. The Morgan fingerprint density at radius 3 is 2.88 bits per heavy atom. The number of aromatic nitrogens is 2. The summed E-state index contributed by atoms with van der Waals surface area (Å²) in [5.74, 6) is 0.929. The molecule has 17 heavy (non-hydrogen) atoms. The van der Waals surface area contributed by atoms with E-state index in [0.717, 1.165) is 35.7 Å². The van der Waals surface area contributed by atoms with Crippen molar-refractivity contribution in [1.82, 2.24) is 9.97 Å². The molecule has 2 rings (SSSR count). The lowest BCUT2D eigenvalue weighted by Crippen LogP contribution is -2.02. The summed E-state index contributed by atoms with van der Waals surface area (Å²) in [6.07, 6.45) is 2.92. The molecular formula is C14H17N3. The second-order valence-electron chi connectivity index (χ2n) is 4.02. The Labute approximate surface area is 102 Å². The van der Waals surface area contributed by atoms with Gasteiger partial charge in [-0.2, -0.15) is 0 Å². The van der Waals surface area contributed by atoms with E-state index in [2.05, 4.69) is 22.2 Å². The summed E-state index contributed by atoms with van der Waals surface area (Å²) in [6, 6.07) is 10.1. The average Bonchev–Trinajstić information content (AvgIpc) is 2.37. The highest BCUT2D eigenvalue weighted by atomic mass is 15.0. The van der Waals surface area contributed by atoms with Gasteiger partial charge in [-0.1, -0.05) is 13.0 Å². The van der Waals surface area contributed by atoms with Crippen LogP contribution in [0.2, 0.25) is 0 Å². The van der Waals surface area contributed by atoms with E-state index in [-0.39, 0.29) is 0 Å². The molecule has 0 radical (unpaired) electrons. The van der Waals surface area contributed by atoms with Crippen LogP contribution in [0.1, 0.15) is 19.0 Å². The Hall–Kier alpha value is -1.90. The van der Waals surface area contributed by atoms with Crippen molar-refractivity contribution in [3.8, 4) is 11.3 Å². The summed E-state index contributed by atoms with van der Waals surface area (Å²) in [6.45, 7) is 5.08. The molecule has 0 spiro atoms. The summed E-state index contributed by atoms with van der Waals surface area (Å²) in [5, 5.41) is 3.29. The third kappa shape index (κ3) is 3.03. The van der Waals surface area contributed by atoms with Crippen LogP contribution in [-0.4, -0.2) is 16.5 Å². The van der Waals surface area contributed by atoms with Crippen LogP contribution in [0.5, 0.6) is 0 Å². The maximum absolute atomic E-state index is 4.58. The molecule has 2 aromatic rings. The summed E-state index contributed by atoms with van der Waals surface area (Å²) < 4.78 is 0. The molecule has 0 aromatic carbocycles. The van der Waals surface area contributed by atoms with Gasteiger partial charge in [-0.15, -0.1) is 0 Å². The summed E-state index contributed by atoms with van der Waals surface area (Å²) in [5.41, 5.74) is 3.10. The first-order valence-electron chi connectivity index (χ1n) is 5.93. The normalized spacial score (nSPS) is 10.2. The topological polar surface area (TPSA) is 37.8 Å². The van der Waals surface area contributed by atoms with Crippen molar-refractivity contribution in [2.24, 2.45) is 0 Å². The lowest BCUT2D eigenvalue weighted by Gasteiger charge is -2.06. The molecule has 0 fully saturated rings. The van der Waals surface area contributed by atoms with Gasteiger partial charge in [-0.25, -0.2) is 4.98 Å². The predicted octanol–water partition coefficient (Wildman–Crippen LogP) is 3.27. The van der Waals surface area contributed by atoms with Crippen LogP contribution < -0.4 is 5.32 Å². The summed E-state index contributed by atoms with van der Waals surface area (Å²) in [7, 11) is 0. The number of aryl methyl sites for hydroxylation is 1. The molecule has 0 aliphatic heterocycles. The van der Waals surface area contributed by atoms with Gasteiger partial charge < -0.3 is 5.32 Å². The van der Waals surface area contributed by atoms with Gasteiger partial charge in [0.2, 0.25) is 0 Å². The second kappa shape index (κ2) is 5.43. The lowest BCUT2D eigenvalue weighted by atomic mass is 10.1. The van der Waals surface area contributed by atoms with Gasteiger partial charge in [-0.3, -0.25) is 4.98 Å². The smallest absolute Gasteiger partial charge is 0.126 e. The molecular weight excluding hydrogens is 210 g/mol. The van der Waals surface area contributed by atoms with Crippen molar-refractivity contribution in [1.29, 1.82) is 0 Å². The molecule has 0 aliphatic rings. The molecule has 3 heteroatoms. The van der Waals surface area contributed by atoms with Crippen molar-refractivity contribution in [3.05, 3.63) is 42.2 Å². The zero-order valence-corrected chi connectivity index (χ0v) is 10.3. The van der Waals surface area contributed by atoms with Crippen LogP contribution in [0.15, 0.2) is 36.5 Å². The molecule has 0 bridgehead atoms. The molecule has 3 nitrogen and oxygen atoms in total. The van der Waals surface area contributed by atoms with Crippen LogP contribution in [0.4, 0.5) is 5.82 Å². The first-order chi connectivity index (χ1) is 8.29. The number of pyridine rings is 2. The Balaban J connectivity index is 2.26. The number of nitrogens with one attached hydrogen (secondary N) is 1.